The second kappa shape index (κ2) is 13.3. The first-order chi connectivity index (χ1) is 17.9. The number of hydrogen-bond donors (Lipinski definition) is 0. The number of ether oxygens (including phenoxy) is 3. The van der Waals surface area contributed by atoms with Crippen LogP contribution in [-0.4, -0.2) is 48.5 Å². The number of carbonyl (C=O) groups is 1. The summed E-state index contributed by atoms with van der Waals surface area (Å²) in [6, 6.07) is 7.60. The van der Waals surface area contributed by atoms with Crippen LogP contribution in [0.1, 0.15) is 46.1 Å². The van der Waals surface area contributed by atoms with Crippen LogP contribution >= 0.6 is 0 Å². The molecule has 10 atom stereocenters. The Labute approximate surface area is 215 Å². The van der Waals surface area contributed by atoms with Crippen LogP contribution in [0.25, 0.3) is 31.3 Å². The summed E-state index contributed by atoms with van der Waals surface area (Å²) in [4.78, 5) is 21.6. The minimum atomic E-state index is -1.03. The van der Waals surface area contributed by atoms with Crippen molar-refractivity contribution in [2.75, 3.05) is 0 Å². The van der Waals surface area contributed by atoms with Gasteiger partial charge in [-0.1, -0.05) is 73.4 Å². The van der Waals surface area contributed by atoms with E-state index in [1.165, 1.54) is 0 Å². The van der Waals surface area contributed by atoms with Crippen molar-refractivity contribution in [3.05, 3.63) is 67.2 Å². The van der Waals surface area contributed by atoms with Crippen LogP contribution < -0.4 is 0 Å². The summed E-state index contributed by atoms with van der Waals surface area (Å²) < 4.78 is 18.7. The zero-order chi connectivity index (χ0) is 26.9. The summed E-state index contributed by atoms with van der Waals surface area (Å²) in [6.45, 7) is 7.71. The highest BCUT2D eigenvalue weighted by molar-refractivity contribution is 5.83. The Morgan fingerprint density at radius 1 is 0.946 bits per heavy atom. The fraction of sp³-hybridized carbons (Fsp3) is 0.708. The van der Waals surface area contributed by atoms with Gasteiger partial charge in [-0.3, -0.25) is 4.79 Å². The summed E-state index contributed by atoms with van der Waals surface area (Å²) in [7, 11) is 0. The van der Waals surface area contributed by atoms with Crippen molar-refractivity contribution in [1.82, 2.24) is 0 Å². The molecule has 37 heavy (non-hydrogen) atoms. The number of hydrogen-bond acceptors (Lipinski definition) is 7. The number of nitrogens with zero attached hydrogens (tertiary/aromatic N) is 9. The van der Waals surface area contributed by atoms with E-state index in [1.54, 1.807) is 6.92 Å². The molecule has 0 aromatic heterocycles. The molecule has 2 aliphatic rings. The first kappa shape index (κ1) is 28.3. The fourth-order valence-electron chi connectivity index (χ4n) is 5.25. The lowest BCUT2D eigenvalue weighted by Gasteiger charge is -2.47. The zero-order valence-electron chi connectivity index (χ0n) is 21.4. The Kier molecular flexibility index (Phi) is 10.2. The first-order valence-corrected chi connectivity index (χ1v) is 12.5. The molecule has 13 heteroatoms. The van der Waals surface area contributed by atoms with Crippen molar-refractivity contribution >= 4 is 5.78 Å². The van der Waals surface area contributed by atoms with Crippen LogP contribution in [0.2, 0.25) is 0 Å². The molecule has 1 aliphatic carbocycles. The summed E-state index contributed by atoms with van der Waals surface area (Å²) >= 11 is 0. The number of azide groups is 3. The van der Waals surface area contributed by atoms with E-state index in [9.17, 15) is 21.4 Å². The Bertz CT molecular complexity index is 1070. The van der Waals surface area contributed by atoms with Crippen molar-refractivity contribution in [2.24, 2.45) is 33.1 Å². The molecule has 1 saturated carbocycles. The van der Waals surface area contributed by atoms with E-state index in [1.807, 2.05) is 51.1 Å². The molecule has 1 aromatic rings. The van der Waals surface area contributed by atoms with E-state index in [4.69, 9.17) is 14.2 Å². The van der Waals surface area contributed by atoms with Gasteiger partial charge in [-0.05, 0) is 40.4 Å². The quantitative estimate of drug-likeness (QED) is 0.211. The molecule has 198 valence electrons. The lowest BCUT2D eigenvalue weighted by Crippen LogP contribution is -2.57. The van der Waals surface area contributed by atoms with E-state index in [-0.39, 0.29) is 30.6 Å². The lowest BCUT2D eigenvalue weighted by atomic mass is 9.78. The molecule has 2 fully saturated rings. The average molecular weight is 512 g/mol. The number of carbonyl (C=O) groups excluding carboxylic acids is 1. The maximum Gasteiger partial charge on any atom is 0.167 e. The van der Waals surface area contributed by atoms with Crippen LogP contribution in [0.5, 0.6) is 0 Å². The van der Waals surface area contributed by atoms with Crippen LogP contribution in [0.3, 0.4) is 0 Å². The molecule has 1 aromatic carbocycles. The largest absolute Gasteiger partial charge is 0.373 e. The van der Waals surface area contributed by atoms with Gasteiger partial charge in [0, 0.05) is 27.1 Å². The van der Waals surface area contributed by atoms with E-state index in [2.05, 4.69) is 30.1 Å². The van der Waals surface area contributed by atoms with Crippen LogP contribution in [0, 0.1) is 17.8 Å². The molecule has 1 aliphatic heterocycles. The highest BCUT2D eigenvalue weighted by Gasteiger charge is 2.49. The zero-order valence-corrected chi connectivity index (χ0v) is 21.4. The van der Waals surface area contributed by atoms with Crippen molar-refractivity contribution in [2.45, 2.75) is 89.9 Å². The second-order valence-corrected chi connectivity index (χ2v) is 9.66. The molecule has 0 bridgehead atoms. The number of rotatable bonds is 10. The van der Waals surface area contributed by atoms with E-state index in [0.717, 1.165) is 5.56 Å². The topological polar surface area (TPSA) is 191 Å². The monoisotopic (exact) mass is 511 g/mol. The second-order valence-electron chi connectivity index (χ2n) is 9.66. The van der Waals surface area contributed by atoms with E-state index < -0.39 is 48.6 Å². The molecule has 3 rings (SSSR count). The van der Waals surface area contributed by atoms with Crippen LogP contribution in [-0.2, 0) is 25.6 Å². The Morgan fingerprint density at radius 2 is 1.57 bits per heavy atom. The molecule has 0 N–H and O–H groups in total. The molecule has 0 amide bonds. The lowest BCUT2D eigenvalue weighted by molar-refractivity contribution is -0.260. The number of ketones is 1. The SMILES string of the molecule is CCC(=O)C1O[C@H](O[C@@H]2C(N=[N+]=[N-])C[C@@H](N=[N+]=[N-])C(OCc3ccccc3)[C@H]2C)C(N=[N+]=[N-])[C@@H](C)[C@@H]1C. The molecule has 1 saturated heterocycles. The average Bonchev–Trinajstić information content (AvgIpc) is 2.90. The number of benzene rings is 1. The van der Waals surface area contributed by atoms with E-state index >= 15 is 0 Å². The summed E-state index contributed by atoms with van der Waals surface area (Å²) in [6.07, 6.45) is -2.50. The van der Waals surface area contributed by atoms with Gasteiger partial charge in [0.1, 0.15) is 6.10 Å². The predicted molar refractivity (Wildman–Crippen MR) is 135 cm³/mol. The maximum absolute atomic E-state index is 12.6. The van der Waals surface area contributed by atoms with Gasteiger partial charge in [-0.25, -0.2) is 0 Å². The van der Waals surface area contributed by atoms with Crippen LogP contribution in [0.4, 0.5) is 0 Å². The minimum Gasteiger partial charge on any atom is -0.373 e. The predicted octanol–water partition coefficient (Wildman–Crippen LogP) is 6.01. The first-order valence-electron chi connectivity index (χ1n) is 12.5. The summed E-state index contributed by atoms with van der Waals surface area (Å²) in [5.74, 6) is -0.847. The van der Waals surface area contributed by atoms with Gasteiger partial charge in [0.2, 0.25) is 0 Å². The van der Waals surface area contributed by atoms with Gasteiger partial charge >= 0.3 is 0 Å². The highest BCUT2D eigenvalue weighted by Crippen LogP contribution is 2.39. The molecular weight excluding hydrogens is 478 g/mol. The molecule has 1 heterocycles. The Balaban J connectivity index is 1.91. The molecule has 0 radical (unpaired) electrons. The smallest absolute Gasteiger partial charge is 0.167 e. The maximum atomic E-state index is 12.6. The molecule has 4 unspecified atom stereocenters. The Hall–Kier alpha value is -3.30. The highest BCUT2D eigenvalue weighted by atomic mass is 16.7. The van der Waals surface area contributed by atoms with Gasteiger partial charge in [-0.2, -0.15) is 0 Å². The molecule has 13 nitrogen and oxygen atoms in total. The van der Waals surface area contributed by atoms with Crippen molar-refractivity contribution in [3.63, 3.8) is 0 Å². The third-order valence-electron chi connectivity index (χ3n) is 7.51. The minimum absolute atomic E-state index is 0.0666. The normalized spacial score (nSPS) is 35.4. The summed E-state index contributed by atoms with van der Waals surface area (Å²) in [5.41, 5.74) is 28.6. The van der Waals surface area contributed by atoms with Crippen molar-refractivity contribution in [3.8, 4) is 0 Å². The summed E-state index contributed by atoms with van der Waals surface area (Å²) in [5, 5.41) is 11.8. The van der Waals surface area contributed by atoms with Crippen molar-refractivity contribution < 1.29 is 19.0 Å². The third-order valence-corrected chi connectivity index (χ3v) is 7.51. The third kappa shape index (κ3) is 6.53. The van der Waals surface area contributed by atoms with Crippen molar-refractivity contribution in [1.29, 1.82) is 0 Å². The molecule has 0 spiro atoms. The van der Waals surface area contributed by atoms with Gasteiger partial charge in [0.25, 0.3) is 0 Å². The standard InChI is InChI=1S/C24H33N9O4/c1-5-19(34)23-14(3)13(2)20(30-33-27)24(37-23)36-22-15(4)21(35-12-16-9-7-6-8-10-16)17(28-31-25)11-18(22)29-32-26/h6-10,13-15,17-18,20-24H,5,11-12H2,1-4H3/t13-,14-,15+,17+,18?,20?,21?,22-,23?,24-/m0/s1. The van der Waals surface area contributed by atoms with Crippen LogP contribution in [0.15, 0.2) is 45.7 Å². The fourth-order valence-corrected chi connectivity index (χ4v) is 5.25. The number of Topliss-reactive ketones (excluding diaryl/α,β-unsaturated/α-hetero) is 1. The van der Waals surface area contributed by atoms with Gasteiger partial charge in [0.05, 0.1) is 36.9 Å². The Morgan fingerprint density at radius 3 is 2.16 bits per heavy atom. The molecular formula is C24H33N9O4. The van der Waals surface area contributed by atoms with Gasteiger partial charge in [0.15, 0.2) is 12.1 Å². The van der Waals surface area contributed by atoms with Gasteiger partial charge < -0.3 is 14.2 Å². The van der Waals surface area contributed by atoms with Gasteiger partial charge in [-0.15, -0.1) is 0 Å². The van der Waals surface area contributed by atoms with E-state index in [0.29, 0.717) is 6.42 Å².